The summed E-state index contributed by atoms with van der Waals surface area (Å²) >= 11 is 11.9. The monoisotopic (exact) mass is 319 g/mol. The second kappa shape index (κ2) is 6.18. The molecule has 1 heterocycles. The fraction of sp³-hybridized carbons (Fsp3) is 0.462. The molecule has 7 heteroatoms. The highest BCUT2D eigenvalue weighted by Gasteiger charge is 2.38. The van der Waals surface area contributed by atoms with E-state index in [0.29, 0.717) is 35.2 Å². The highest BCUT2D eigenvalue weighted by atomic mass is 35.5. The Hall–Kier alpha value is -1.01. The first-order valence-corrected chi connectivity index (χ1v) is 6.92. The summed E-state index contributed by atoms with van der Waals surface area (Å²) < 4.78 is 5.74. The summed E-state index contributed by atoms with van der Waals surface area (Å²) in [6.07, 6.45) is -0.455. The van der Waals surface area contributed by atoms with Crippen molar-refractivity contribution in [1.29, 1.82) is 0 Å². The largest absolute Gasteiger partial charge is 0.465 e. The van der Waals surface area contributed by atoms with Gasteiger partial charge < -0.3 is 19.8 Å². The third-order valence-electron chi connectivity index (χ3n) is 3.37. The molecule has 1 unspecified atom stereocenters. The third kappa shape index (κ3) is 3.01. The highest BCUT2D eigenvalue weighted by Crippen LogP contribution is 2.33. The van der Waals surface area contributed by atoms with Gasteiger partial charge in [-0.2, -0.15) is 0 Å². The van der Waals surface area contributed by atoms with Crippen molar-refractivity contribution in [2.24, 2.45) is 0 Å². The number of aliphatic hydroxyl groups excluding tert-OH is 1. The lowest BCUT2D eigenvalue weighted by atomic mass is 9.94. The molecule has 1 aromatic rings. The summed E-state index contributed by atoms with van der Waals surface area (Å²) in [4.78, 5) is 12.4. The number of rotatable bonds is 2. The minimum absolute atomic E-state index is 0.0524. The van der Waals surface area contributed by atoms with Crippen LogP contribution < -0.4 is 0 Å². The molecule has 2 N–H and O–H groups in total. The van der Waals surface area contributed by atoms with E-state index >= 15 is 0 Å². The minimum Gasteiger partial charge on any atom is -0.465 e. The molecule has 110 valence electrons. The van der Waals surface area contributed by atoms with E-state index in [-0.39, 0.29) is 13.2 Å². The fourth-order valence-electron chi connectivity index (χ4n) is 2.26. The van der Waals surface area contributed by atoms with Crippen molar-refractivity contribution < 1.29 is 19.7 Å². The van der Waals surface area contributed by atoms with E-state index in [1.54, 1.807) is 18.2 Å². The number of nitrogens with zero attached hydrogens (tertiary/aromatic N) is 1. The van der Waals surface area contributed by atoms with Crippen molar-refractivity contribution >= 4 is 29.3 Å². The van der Waals surface area contributed by atoms with Gasteiger partial charge in [-0.1, -0.05) is 29.3 Å². The highest BCUT2D eigenvalue weighted by molar-refractivity contribution is 6.42. The van der Waals surface area contributed by atoms with E-state index in [1.165, 1.54) is 4.90 Å². The normalized spacial score (nSPS) is 23.4. The van der Waals surface area contributed by atoms with Crippen molar-refractivity contribution in [3.63, 3.8) is 0 Å². The molecule has 20 heavy (non-hydrogen) atoms. The molecule has 1 saturated heterocycles. The Balaban J connectivity index is 2.39. The van der Waals surface area contributed by atoms with Crippen molar-refractivity contribution in [3.8, 4) is 0 Å². The first kappa shape index (κ1) is 15.4. The van der Waals surface area contributed by atoms with Crippen LogP contribution in [0.2, 0.25) is 10.0 Å². The molecule has 0 aromatic heterocycles. The number of benzene rings is 1. The standard InChI is InChI=1S/C13H15Cl2NO4/c14-10-3-2-9(6-11(10)15)13(8-17)7-16(12(18)19)4-1-5-20-13/h2-3,6,17H,1,4-5,7-8H2,(H,18,19). The molecule has 1 fully saturated rings. The molecule has 0 saturated carbocycles. The number of carboxylic acid groups (broad SMARTS) is 1. The summed E-state index contributed by atoms with van der Waals surface area (Å²) in [6.45, 7) is 0.453. The van der Waals surface area contributed by atoms with Gasteiger partial charge in [0, 0.05) is 13.2 Å². The summed E-state index contributed by atoms with van der Waals surface area (Å²) in [5.41, 5.74) is -0.495. The van der Waals surface area contributed by atoms with Gasteiger partial charge in [0.05, 0.1) is 23.2 Å². The maximum absolute atomic E-state index is 11.2. The number of ether oxygens (including phenoxy) is 1. The summed E-state index contributed by atoms with van der Waals surface area (Å²) in [7, 11) is 0. The molecule has 0 spiro atoms. The quantitative estimate of drug-likeness (QED) is 0.879. The first-order valence-electron chi connectivity index (χ1n) is 6.17. The molecule has 5 nitrogen and oxygen atoms in total. The molecular weight excluding hydrogens is 305 g/mol. The van der Waals surface area contributed by atoms with Crippen LogP contribution >= 0.6 is 23.2 Å². The summed E-state index contributed by atoms with van der Waals surface area (Å²) in [6, 6.07) is 4.90. The molecule has 1 aliphatic rings. The summed E-state index contributed by atoms with van der Waals surface area (Å²) in [5.74, 6) is 0. The van der Waals surface area contributed by atoms with E-state index < -0.39 is 11.7 Å². The van der Waals surface area contributed by atoms with Gasteiger partial charge in [0.1, 0.15) is 5.60 Å². The number of hydrogen-bond donors (Lipinski definition) is 2. The Bertz CT molecular complexity index is 511. The van der Waals surface area contributed by atoms with Crippen LogP contribution in [0.25, 0.3) is 0 Å². The minimum atomic E-state index is -1.11. The van der Waals surface area contributed by atoms with E-state index in [1.807, 2.05) is 0 Å². The van der Waals surface area contributed by atoms with Crippen molar-refractivity contribution in [2.45, 2.75) is 12.0 Å². The van der Waals surface area contributed by atoms with Gasteiger partial charge in [-0.05, 0) is 24.1 Å². The van der Waals surface area contributed by atoms with Gasteiger partial charge in [0.2, 0.25) is 0 Å². The Morgan fingerprint density at radius 2 is 2.15 bits per heavy atom. The SMILES string of the molecule is O=C(O)N1CCCOC(CO)(c2ccc(Cl)c(Cl)c2)C1. The zero-order chi connectivity index (χ0) is 14.8. The lowest BCUT2D eigenvalue weighted by molar-refractivity contribution is -0.0837. The molecular formula is C13H15Cl2NO4. The Morgan fingerprint density at radius 1 is 1.40 bits per heavy atom. The van der Waals surface area contributed by atoms with Crippen LogP contribution in [0, 0.1) is 0 Å². The molecule has 2 rings (SSSR count). The van der Waals surface area contributed by atoms with Crippen LogP contribution in [0.1, 0.15) is 12.0 Å². The summed E-state index contributed by atoms with van der Waals surface area (Å²) in [5, 5.41) is 19.7. The number of halogens is 2. The lowest BCUT2D eigenvalue weighted by Crippen LogP contribution is -2.45. The van der Waals surface area contributed by atoms with E-state index in [0.717, 1.165) is 0 Å². The van der Waals surface area contributed by atoms with E-state index in [2.05, 4.69) is 0 Å². The van der Waals surface area contributed by atoms with E-state index in [9.17, 15) is 15.0 Å². The van der Waals surface area contributed by atoms with Crippen LogP contribution in [0.5, 0.6) is 0 Å². The average Bonchev–Trinajstić information content (AvgIpc) is 2.65. The molecule has 0 radical (unpaired) electrons. The third-order valence-corrected chi connectivity index (χ3v) is 4.11. The Labute approximate surface area is 126 Å². The maximum atomic E-state index is 11.2. The van der Waals surface area contributed by atoms with Crippen LogP contribution in [0.15, 0.2) is 18.2 Å². The Morgan fingerprint density at radius 3 is 2.75 bits per heavy atom. The molecule has 1 aliphatic heterocycles. The van der Waals surface area contributed by atoms with Crippen molar-refractivity contribution in [1.82, 2.24) is 4.90 Å². The average molecular weight is 320 g/mol. The number of carbonyl (C=O) groups is 1. The predicted molar refractivity (Wildman–Crippen MR) is 75.4 cm³/mol. The molecule has 0 bridgehead atoms. The van der Waals surface area contributed by atoms with Crippen molar-refractivity contribution in [2.75, 3.05) is 26.3 Å². The molecule has 1 atom stereocenters. The number of hydrogen-bond acceptors (Lipinski definition) is 3. The second-order valence-electron chi connectivity index (χ2n) is 4.69. The molecule has 0 aliphatic carbocycles. The van der Waals surface area contributed by atoms with Crippen LogP contribution in [0.3, 0.4) is 0 Å². The first-order chi connectivity index (χ1) is 9.48. The predicted octanol–water partition coefficient (Wildman–Crippen LogP) is 2.58. The second-order valence-corrected chi connectivity index (χ2v) is 5.50. The van der Waals surface area contributed by atoms with Gasteiger partial charge in [-0.3, -0.25) is 0 Å². The van der Waals surface area contributed by atoms with Gasteiger partial charge in [-0.15, -0.1) is 0 Å². The van der Waals surface area contributed by atoms with Gasteiger partial charge in [-0.25, -0.2) is 4.79 Å². The molecule has 1 amide bonds. The van der Waals surface area contributed by atoms with E-state index in [4.69, 9.17) is 27.9 Å². The fourth-order valence-corrected chi connectivity index (χ4v) is 2.56. The lowest BCUT2D eigenvalue weighted by Gasteiger charge is -2.34. The smallest absolute Gasteiger partial charge is 0.407 e. The zero-order valence-corrected chi connectivity index (χ0v) is 12.2. The number of aliphatic hydroxyl groups is 1. The van der Waals surface area contributed by atoms with Crippen LogP contribution in [-0.2, 0) is 10.3 Å². The number of amides is 1. The van der Waals surface area contributed by atoms with Gasteiger partial charge in [0.15, 0.2) is 0 Å². The van der Waals surface area contributed by atoms with Crippen LogP contribution in [-0.4, -0.2) is 47.5 Å². The topological polar surface area (TPSA) is 70.0 Å². The molecule has 1 aromatic carbocycles. The maximum Gasteiger partial charge on any atom is 0.407 e. The van der Waals surface area contributed by atoms with Crippen LogP contribution in [0.4, 0.5) is 4.79 Å². The van der Waals surface area contributed by atoms with Crippen molar-refractivity contribution in [3.05, 3.63) is 33.8 Å². The Kier molecular flexibility index (Phi) is 4.75. The van der Waals surface area contributed by atoms with Gasteiger partial charge >= 0.3 is 6.09 Å². The van der Waals surface area contributed by atoms with Gasteiger partial charge in [0.25, 0.3) is 0 Å². The zero-order valence-electron chi connectivity index (χ0n) is 10.7.